The van der Waals surface area contributed by atoms with Gasteiger partial charge >= 0.3 is 0 Å². The van der Waals surface area contributed by atoms with Gasteiger partial charge in [-0.25, -0.2) is 0 Å². The topological polar surface area (TPSA) is 215 Å². The van der Waals surface area contributed by atoms with Crippen LogP contribution in [0.1, 0.15) is 22.8 Å². The van der Waals surface area contributed by atoms with E-state index in [1.165, 1.54) is 19.9 Å². The van der Waals surface area contributed by atoms with E-state index < -0.39 is 32.4 Å². The third kappa shape index (κ3) is 5.54. The molecule has 35 heavy (non-hydrogen) atoms. The number of nitrogens with zero attached hydrogens (tertiary/aromatic N) is 6. The lowest BCUT2D eigenvalue weighted by atomic mass is 10.1. The van der Waals surface area contributed by atoms with Crippen LogP contribution in [-0.4, -0.2) is 43.5 Å². The van der Waals surface area contributed by atoms with Gasteiger partial charge in [-0.05, 0) is 55.2 Å². The molecule has 2 heterocycles. The van der Waals surface area contributed by atoms with Crippen LogP contribution in [0.15, 0.2) is 38.1 Å². The van der Waals surface area contributed by atoms with Crippen molar-refractivity contribution in [1.82, 2.24) is 19.5 Å². The number of pyridine rings is 1. The van der Waals surface area contributed by atoms with E-state index in [9.17, 15) is 27.7 Å². The summed E-state index contributed by atoms with van der Waals surface area (Å²) in [5.41, 5.74) is 3.48. The molecule has 0 saturated heterocycles. The minimum absolute atomic E-state index is 0.0273. The van der Waals surface area contributed by atoms with Crippen molar-refractivity contribution in [2.24, 2.45) is 16.0 Å². The Morgan fingerprint density at radius 3 is 2.37 bits per heavy atom. The third-order valence-electron chi connectivity index (χ3n) is 4.55. The van der Waals surface area contributed by atoms with Gasteiger partial charge in [-0.3, -0.25) is 18.7 Å². The zero-order valence-electron chi connectivity index (χ0n) is 17.9. The monoisotopic (exact) mass is 542 g/mol. The number of azo groups is 1. The van der Waals surface area contributed by atoms with Gasteiger partial charge < -0.3 is 16.2 Å². The number of hydrogen-bond donors (Lipinski definition) is 4. The number of benzene rings is 1. The maximum absolute atomic E-state index is 12.8. The Bertz CT molecular complexity index is 1520. The smallest absolute Gasteiger partial charge is 0.296 e. The molecule has 3 rings (SSSR count). The van der Waals surface area contributed by atoms with Crippen LogP contribution in [0.3, 0.4) is 0 Å². The number of anilines is 2. The highest BCUT2D eigenvalue weighted by Crippen LogP contribution is 2.32. The summed E-state index contributed by atoms with van der Waals surface area (Å²) in [7, 11) is -4.76. The summed E-state index contributed by atoms with van der Waals surface area (Å²) >= 11 is 11.5. The van der Waals surface area contributed by atoms with Gasteiger partial charge in [-0.15, -0.1) is 10.2 Å². The summed E-state index contributed by atoms with van der Waals surface area (Å²) in [6, 6.07) is 3.43. The van der Waals surface area contributed by atoms with Gasteiger partial charge in [-0.1, -0.05) is 0 Å². The first kappa shape index (κ1) is 26.0. The van der Waals surface area contributed by atoms with Gasteiger partial charge in [0.2, 0.25) is 22.4 Å². The molecule has 2 aromatic heterocycles. The van der Waals surface area contributed by atoms with E-state index >= 15 is 0 Å². The Kier molecular flexibility index (Phi) is 7.35. The summed E-state index contributed by atoms with van der Waals surface area (Å²) in [6.07, 6.45) is 0. The fraction of sp³-hybridized carbons (Fsp3) is 0.167. The van der Waals surface area contributed by atoms with Gasteiger partial charge in [-0.2, -0.15) is 23.4 Å². The highest BCUT2D eigenvalue weighted by Gasteiger charge is 2.23. The van der Waals surface area contributed by atoms with Gasteiger partial charge in [0, 0.05) is 17.8 Å². The third-order valence-corrected chi connectivity index (χ3v) is 5.79. The highest BCUT2D eigenvalue weighted by atomic mass is 35.5. The Morgan fingerprint density at radius 1 is 1.20 bits per heavy atom. The maximum Gasteiger partial charge on any atom is 0.296 e. The molecule has 0 saturated carbocycles. The number of aromatic nitrogens is 4. The molecule has 14 nitrogen and oxygen atoms in total. The number of carbonyl (C=O) groups excluding carboxylic acids is 1. The first-order valence-electron chi connectivity index (χ1n) is 9.47. The van der Waals surface area contributed by atoms with E-state index in [0.29, 0.717) is 0 Å². The molecule has 0 radical (unpaired) electrons. The zero-order valence-corrected chi connectivity index (χ0v) is 20.2. The fourth-order valence-electron chi connectivity index (χ4n) is 3.02. The number of nitrogens with one attached hydrogen (secondary N) is 1. The standard InChI is InChI=1S/C18H16Cl2N8O6S/c1-3-28-14(30)11(13(21)29)7(2)12(15(28)31)27-26-9-6-8(4-5-10(9)35(32,33)34)22-18-24-16(19)23-17(20)25-18/h4-6,30H,3H2,1-2H3,(H2,21,29)(H,32,33,34)(H,22,23,24,25). The first-order valence-corrected chi connectivity index (χ1v) is 11.7. The van der Waals surface area contributed by atoms with E-state index in [4.69, 9.17) is 28.9 Å². The zero-order chi connectivity index (χ0) is 26.1. The molecule has 0 unspecified atom stereocenters. The van der Waals surface area contributed by atoms with Gasteiger partial charge in [0.05, 0.1) is 0 Å². The lowest BCUT2D eigenvalue weighted by Gasteiger charge is -2.13. The van der Waals surface area contributed by atoms with Crippen LogP contribution in [0.25, 0.3) is 0 Å². The van der Waals surface area contributed by atoms with Crippen molar-refractivity contribution in [3.05, 3.63) is 50.2 Å². The van der Waals surface area contributed by atoms with E-state index in [-0.39, 0.29) is 51.2 Å². The number of primary amides is 1. The second-order valence-electron chi connectivity index (χ2n) is 6.77. The molecule has 0 atom stereocenters. The van der Waals surface area contributed by atoms with Crippen LogP contribution in [-0.2, 0) is 16.7 Å². The van der Waals surface area contributed by atoms with Crippen LogP contribution < -0.4 is 16.6 Å². The molecule has 17 heteroatoms. The highest BCUT2D eigenvalue weighted by molar-refractivity contribution is 7.86. The minimum Gasteiger partial charge on any atom is -0.494 e. The van der Waals surface area contributed by atoms with Crippen LogP contribution in [0, 0.1) is 6.92 Å². The van der Waals surface area contributed by atoms with E-state index in [1.54, 1.807) is 0 Å². The van der Waals surface area contributed by atoms with Crippen molar-refractivity contribution < 1.29 is 22.9 Å². The summed E-state index contributed by atoms with van der Waals surface area (Å²) in [5, 5.41) is 20.1. The van der Waals surface area contributed by atoms with Crippen LogP contribution >= 0.6 is 23.2 Å². The molecule has 184 valence electrons. The van der Waals surface area contributed by atoms with E-state index in [2.05, 4.69) is 30.5 Å². The molecule has 1 aromatic carbocycles. The average molecular weight is 543 g/mol. The molecule has 5 N–H and O–H groups in total. The Balaban J connectivity index is 2.16. The van der Waals surface area contributed by atoms with E-state index in [0.717, 1.165) is 16.7 Å². The number of hydrogen-bond acceptors (Lipinski definition) is 11. The van der Waals surface area contributed by atoms with Gasteiger partial charge in [0.1, 0.15) is 16.1 Å². The van der Waals surface area contributed by atoms with E-state index in [1.807, 2.05) is 0 Å². The summed E-state index contributed by atoms with van der Waals surface area (Å²) in [5.74, 6) is -1.73. The summed E-state index contributed by atoms with van der Waals surface area (Å²) < 4.78 is 34.1. The average Bonchev–Trinajstić information content (AvgIpc) is 2.72. The first-order chi connectivity index (χ1) is 16.3. The van der Waals surface area contributed by atoms with Crippen molar-refractivity contribution in [2.45, 2.75) is 25.3 Å². The number of nitrogens with two attached hydrogens (primary N) is 1. The molecule has 1 amide bonds. The Morgan fingerprint density at radius 2 is 1.83 bits per heavy atom. The normalized spacial score (nSPS) is 11.7. The predicted molar refractivity (Wildman–Crippen MR) is 125 cm³/mol. The molecule has 0 aliphatic carbocycles. The van der Waals surface area contributed by atoms with Gasteiger partial charge in [0.15, 0.2) is 5.69 Å². The SMILES string of the molecule is CCn1c(O)c(C(N)=O)c(C)c(N=Nc2cc(Nc3nc(Cl)nc(Cl)n3)ccc2S(=O)(=O)O)c1=O. The second-order valence-corrected chi connectivity index (χ2v) is 8.83. The molecule has 0 spiro atoms. The number of amides is 1. The quantitative estimate of drug-likeness (QED) is 0.252. The van der Waals surface area contributed by atoms with Crippen molar-refractivity contribution in [3.63, 3.8) is 0 Å². The van der Waals surface area contributed by atoms with Crippen molar-refractivity contribution in [3.8, 4) is 5.88 Å². The Labute approximate surface area is 207 Å². The number of rotatable bonds is 7. The summed E-state index contributed by atoms with van der Waals surface area (Å²) in [4.78, 5) is 35.2. The molecule has 0 aliphatic rings. The largest absolute Gasteiger partial charge is 0.494 e. The lowest BCUT2D eigenvalue weighted by Crippen LogP contribution is -2.25. The maximum atomic E-state index is 12.8. The molecule has 0 fully saturated rings. The van der Waals surface area contributed by atoms with Crippen LogP contribution in [0.2, 0.25) is 10.6 Å². The number of carbonyl (C=O) groups is 1. The summed E-state index contributed by atoms with van der Waals surface area (Å²) in [6.45, 7) is 2.82. The minimum atomic E-state index is -4.76. The molecular weight excluding hydrogens is 527 g/mol. The lowest BCUT2D eigenvalue weighted by molar-refractivity contribution is 0.0995. The van der Waals surface area contributed by atoms with Crippen molar-refractivity contribution in [1.29, 1.82) is 0 Å². The molecule has 0 aliphatic heterocycles. The van der Waals surface area contributed by atoms with Crippen molar-refractivity contribution >= 4 is 62.2 Å². The molecule has 0 bridgehead atoms. The second kappa shape index (κ2) is 9.91. The molecule has 3 aromatic rings. The predicted octanol–water partition coefficient (Wildman–Crippen LogP) is 2.88. The van der Waals surface area contributed by atoms with Gasteiger partial charge in [0.25, 0.3) is 21.6 Å². The Hall–Kier alpha value is -3.66. The van der Waals surface area contributed by atoms with Crippen LogP contribution in [0.4, 0.5) is 23.0 Å². The van der Waals surface area contributed by atoms with Crippen LogP contribution in [0.5, 0.6) is 5.88 Å². The fourth-order valence-corrected chi connectivity index (χ4v) is 3.99. The number of aromatic hydroxyl groups is 1. The number of halogens is 2. The molecular formula is C18H16Cl2N8O6S. The van der Waals surface area contributed by atoms with Crippen molar-refractivity contribution in [2.75, 3.05) is 5.32 Å².